The molecule has 1 aromatic heterocycles. The number of hydrogen-bond acceptors (Lipinski definition) is 7. The quantitative estimate of drug-likeness (QED) is 0.701. The van der Waals surface area contributed by atoms with Crippen molar-refractivity contribution in [1.29, 1.82) is 0 Å². The van der Waals surface area contributed by atoms with Gasteiger partial charge in [-0.25, -0.2) is 4.79 Å². The van der Waals surface area contributed by atoms with Crippen LogP contribution in [0.15, 0.2) is 5.16 Å². The number of nitrogens with one attached hydrogen (secondary N) is 1. The number of hydrogen-bond donors (Lipinski definition) is 2. The molecule has 1 heterocycles. The van der Waals surface area contributed by atoms with Crippen LogP contribution in [0, 0.1) is 0 Å². The number of carbonyl (C=O) groups excluding carboxylic acids is 1. The maximum absolute atomic E-state index is 11.5. The summed E-state index contributed by atoms with van der Waals surface area (Å²) in [6, 6.07) is 0. The number of nitrogens with zero attached hydrogens (tertiary/aromatic N) is 2. The Labute approximate surface area is 118 Å². The highest BCUT2D eigenvalue weighted by atomic mass is 32.2. The van der Waals surface area contributed by atoms with Gasteiger partial charge in [-0.2, -0.15) is 9.36 Å². The largest absolute Gasteiger partial charge is 0.479 e. The van der Waals surface area contributed by atoms with E-state index in [1.54, 1.807) is 0 Å². The number of aliphatic carboxylic acids is 1. The minimum Gasteiger partial charge on any atom is -0.479 e. The summed E-state index contributed by atoms with van der Waals surface area (Å²) in [5.41, 5.74) is 0. The molecule has 9 heteroatoms. The average molecular weight is 305 g/mol. The molecule has 0 unspecified atom stereocenters. The molecular weight excluding hydrogens is 290 g/mol. The molecule has 0 radical (unpaired) electrons. The van der Waals surface area contributed by atoms with E-state index in [1.165, 1.54) is 18.7 Å². The molecule has 0 aromatic carbocycles. The summed E-state index contributed by atoms with van der Waals surface area (Å²) in [4.78, 5) is 26.1. The molecule has 19 heavy (non-hydrogen) atoms. The fourth-order valence-corrected chi connectivity index (χ4v) is 2.36. The first-order chi connectivity index (χ1) is 9.02. The zero-order valence-corrected chi connectivity index (χ0v) is 12.2. The van der Waals surface area contributed by atoms with Gasteiger partial charge in [0.05, 0.1) is 0 Å². The highest BCUT2D eigenvalue weighted by Crippen LogP contribution is 2.20. The summed E-state index contributed by atoms with van der Waals surface area (Å²) < 4.78 is 8.92. The van der Waals surface area contributed by atoms with Gasteiger partial charge in [-0.15, -0.1) is 0 Å². The average Bonchev–Trinajstić information content (AvgIpc) is 2.80. The maximum Gasteiger partial charge on any atom is 0.332 e. The number of anilines is 1. The Morgan fingerprint density at radius 1 is 1.58 bits per heavy atom. The lowest BCUT2D eigenvalue weighted by molar-refractivity contribution is -0.150. The predicted molar refractivity (Wildman–Crippen MR) is 72.6 cm³/mol. The molecule has 0 saturated carbocycles. The Morgan fingerprint density at radius 3 is 2.95 bits per heavy atom. The number of rotatable bonds is 8. The van der Waals surface area contributed by atoms with Crippen LogP contribution in [0.1, 0.15) is 20.3 Å². The summed E-state index contributed by atoms with van der Waals surface area (Å²) in [6.45, 7) is 3.09. The zero-order valence-electron chi connectivity index (χ0n) is 10.6. The van der Waals surface area contributed by atoms with E-state index < -0.39 is 18.0 Å². The van der Waals surface area contributed by atoms with Gasteiger partial charge in [0, 0.05) is 17.3 Å². The number of carbonyl (C=O) groups is 2. The molecule has 0 aliphatic carbocycles. The highest BCUT2D eigenvalue weighted by Gasteiger charge is 2.14. The zero-order chi connectivity index (χ0) is 14.3. The van der Waals surface area contributed by atoms with Gasteiger partial charge >= 0.3 is 5.97 Å². The third kappa shape index (κ3) is 5.99. The van der Waals surface area contributed by atoms with E-state index >= 15 is 0 Å². The molecule has 0 saturated heterocycles. The Morgan fingerprint density at radius 2 is 2.32 bits per heavy atom. The molecule has 0 aliphatic heterocycles. The molecule has 0 spiro atoms. The number of amides is 1. The van der Waals surface area contributed by atoms with Crippen LogP contribution in [-0.2, 0) is 14.3 Å². The molecule has 0 fully saturated rings. The van der Waals surface area contributed by atoms with E-state index in [0.29, 0.717) is 10.3 Å². The van der Waals surface area contributed by atoms with Crippen molar-refractivity contribution < 1.29 is 19.4 Å². The van der Waals surface area contributed by atoms with Gasteiger partial charge in [-0.3, -0.25) is 10.1 Å². The van der Waals surface area contributed by atoms with Crippen molar-refractivity contribution in [3.05, 3.63) is 0 Å². The van der Waals surface area contributed by atoms with Crippen molar-refractivity contribution in [2.45, 2.75) is 31.5 Å². The normalized spacial score (nSPS) is 12.1. The summed E-state index contributed by atoms with van der Waals surface area (Å²) in [6.07, 6.45) is 0.00258. The van der Waals surface area contributed by atoms with Gasteiger partial charge in [0.2, 0.25) is 10.3 Å². The first kappa shape index (κ1) is 15.9. The lowest BCUT2D eigenvalue weighted by atomic mass is 10.4. The summed E-state index contributed by atoms with van der Waals surface area (Å²) >= 11 is 2.60. The van der Waals surface area contributed by atoms with E-state index in [0.717, 1.165) is 23.7 Å². The molecule has 0 bridgehead atoms. The van der Waals surface area contributed by atoms with Gasteiger partial charge in [-0.05, 0) is 13.3 Å². The molecule has 106 valence electrons. The Balaban J connectivity index is 2.35. The summed E-state index contributed by atoms with van der Waals surface area (Å²) in [5.74, 6) is -0.637. The topological polar surface area (TPSA) is 101 Å². The third-order valence-corrected chi connectivity index (χ3v) is 3.70. The minimum atomic E-state index is -1.11. The first-order valence-electron chi connectivity index (χ1n) is 5.63. The summed E-state index contributed by atoms with van der Waals surface area (Å²) in [5, 5.41) is 12.1. The molecular formula is C10H15N3O4S2. The second-order valence-corrected chi connectivity index (χ2v) is 5.38. The predicted octanol–water partition coefficient (Wildman–Crippen LogP) is 1.47. The number of carboxylic acids is 1. The molecule has 1 atom stereocenters. The highest BCUT2D eigenvalue weighted by molar-refractivity contribution is 7.99. The van der Waals surface area contributed by atoms with Crippen LogP contribution >= 0.6 is 23.3 Å². The van der Waals surface area contributed by atoms with Crippen LogP contribution in [0.4, 0.5) is 5.13 Å². The SMILES string of the molecule is CCCSc1nsc(NC(=O)CO[C@H](C)C(=O)O)n1. The molecule has 1 amide bonds. The van der Waals surface area contributed by atoms with Gasteiger partial charge < -0.3 is 9.84 Å². The van der Waals surface area contributed by atoms with Crippen molar-refractivity contribution >= 4 is 40.3 Å². The van der Waals surface area contributed by atoms with Crippen molar-refractivity contribution in [1.82, 2.24) is 9.36 Å². The van der Waals surface area contributed by atoms with Gasteiger partial charge in [0.25, 0.3) is 5.91 Å². The van der Waals surface area contributed by atoms with E-state index in [-0.39, 0.29) is 6.61 Å². The number of carboxylic acid groups (broad SMARTS) is 1. The fraction of sp³-hybridized carbons (Fsp3) is 0.600. The van der Waals surface area contributed by atoms with Gasteiger partial charge in [0.1, 0.15) is 6.61 Å². The van der Waals surface area contributed by atoms with Crippen LogP contribution < -0.4 is 5.32 Å². The Hall–Kier alpha value is -1.19. The van der Waals surface area contributed by atoms with Crippen LogP contribution in [0.25, 0.3) is 0 Å². The monoisotopic (exact) mass is 305 g/mol. The van der Waals surface area contributed by atoms with Crippen LogP contribution in [0.3, 0.4) is 0 Å². The first-order valence-corrected chi connectivity index (χ1v) is 7.39. The number of aromatic nitrogens is 2. The van der Waals surface area contributed by atoms with Gasteiger partial charge in [-0.1, -0.05) is 18.7 Å². The van der Waals surface area contributed by atoms with E-state index in [2.05, 4.69) is 21.6 Å². The molecule has 7 nitrogen and oxygen atoms in total. The third-order valence-electron chi connectivity index (χ3n) is 1.90. The second kappa shape index (κ2) is 8.08. The molecule has 1 aromatic rings. The van der Waals surface area contributed by atoms with Gasteiger partial charge in [0.15, 0.2) is 6.10 Å². The Kier molecular flexibility index (Phi) is 6.74. The fourth-order valence-electron chi connectivity index (χ4n) is 0.940. The van der Waals surface area contributed by atoms with Crippen LogP contribution in [0.5, 0.6) is 0 Å². The van der Waals surface area contributed by atoms with Crippen molar-refractivity contribution in [2.75, 3.05) is 17.7 Å². The van der Waals surface area contributed by atoms with Crippen molar-refractivity contribution in [3.63, 3.8) is 0 Å². The smallest absolute Gasteiger partial charge is 0.332 e. The molecule has 1 rings (SSSR count). The summed E-state index contributed by atoms with van der Waals surface area (Å²) in [7, 11) is 0. The second-order valence-electron chi connectivity index (χ2n) is 3.57. The standard InChI is InChI=1S/C10H15N3O4S2/c1-3-4-18-10-12-9(19-13-10)11-7(14)5-17-6(2)8(15)16/h6H,3-5H2,1-2H3,(H,15,16)(H,11,12,13,14)/t6-/m1/s1. The van der Waals surface area contributed by atoms with E-state index in [4.69, 9.17) is 9.84 Å². The van der Waals surface area contributed by atoms with E-state index in [1.807, 2.05) is 0 Å². The lowest BCUT2D eigenvalue weighted by Gasteiger charge is -2.07. The molecule has 2 N–H and O–H groups in total. The lowest BCUT2D eigenvalue weighted by Crippen LogP contribution is -2.26. The minimum absolute atomic E-state index is 0.329. The van der Waals surface area contributed by atoms with Crippen LogP contribution in [-0.4, -0.2) is 44.8 Å². The molecule has 0 aliphatic rings. The Bertz CT molecular complexity index is 438. The van der Waals surface area contributed by atoms with E-state index in [9.17, 15) is 9.59 Å². The maximum atomic E-state index is 11.5. The van der Waals surface area contributed by atoms with Crippen molar-refractivity contribution in [2.24, 2.45) is 0 Å². The number of thioether (sulfide) groups is 1. The van der Waals surface area contributed by atoms with Crippen molar-refractivity contribution in [3.8, 4) is 0 Å². The number of ether oxygens (including phenoxy) is 1. The van der Waals surface area contributed by atoms with Crippen LogP contribution in [0.2, 0.25) is 0 Å².